The summed E-state index contributed by atoms with van der Waals surface area (Å²) in [6, 6.07) is 13.9. The van der Waals surface area contributed by atoms with Crippen LogP contribution in [0.3, 0.4) is 0 Å². The Morgan fingerprint density at radius 3 is 2.66 bits per heavy atom. The van der Waals surface area contributed by atoms with Crippen molar-refractivity contribution < 1.29 is 14.0 Å². The van der Waals surface area contributed by atoms with E-state index < -0.39 is 0 Å². The molecule has 0 spiro atoms. The van der Waals surface area contributed by atoms with Crippen LogP contribution in [0.2, 0.25) is 0 Å². The molecule has 0 unspecified atom stereocenters. The predicted molar refractivity (Wildman–Crippen MR) is 115 cm³/mol. The highest BCUT2D eigenvalue weighted by atomic mass is 32.1. The molecule has 2 N–H and O–H groups in total. The maximum absolute atomic E-state index is 13.3. The Labute approximate surface area is 174 Å². The van der Waals surface area contributed by atoms with Crippen LogP contribution >= 0.6 is 22.7 Å². The van der Waals surface area contributed by atoms with E-state index in [4.69, 9.17) is 0 Å². The molecule has 2 aromatic heterocycles. The second kappa shape index (κ2) is 8.10. The van der Waals surface area contributed by atoms with E-state index in [0.717, 1.165) is 21.5 Å². The van der Waals surface area contributed by atoms with Gasteiger partial charge in [-0.25, -0.2) is 9.37 Å². The van der Waals surface area contributed by atoms with Gasteiger partial charge in [0.05, 0.1) is 10.6 Å². The average molecular weight is 426 g/mol. The lowest BCUT2D eigenvalue weighted by Crippen LogP contribution is -2.18. The number of hydrogen-bond acceptors (Lipinski definition) is 5. The fourth-order valence-corrected chi connectivity index (χ4v) is 4.42. The van der Waals surface area contributed by atoms with Gasteiger partial charge in [0.25, 0.3) is 5.91 Å². The Bertz CT molecular complexity index is 1200. The minimum Gasteiger partial charge on any atom is -0.352 e. The summed E-state index contributed by atoms with van der Waals surface area (Å²) < 4.78 is 14.2. The second-order valence-electron chi connectivity index (χ2n) is 6.39. The van der Waals surface area contributed by atoms with E-state index in [0.29, 0.717) is 21.9 Å². The lowest BCUT2D eigenvalue weighted by Gasteiger charge is -2.03. The van der Waals surface area contributed by atoms with Gasteiger partial charge in [-0.3, -0.25) is 14.9 Å². The van der Waals surface area contributed by atoms with Crippen LogP contribution < -0.4 is 10.6 Å². The number of anilines is 1. The number of amides is 2. The smallest absolute Gasteiger partial charge is 0.267 e. The average Bonchev–Trinajstić information content (AvgIpc) is 3.33. The van der Waals surface area contributed by atoms with Crippen molar-refractivity contribution in [3.05, 3.63) is 70.2 Å². The lowest BCUT2D eigenvalue weighted by atomic mass is 10.1. The number of thiazole rings is 1. The molecule has 0 radical (unpaired) electrons. The Morgan fingerprint density at radius 2 is 1.90 bits per heavy atom. The third-order valence-corrected chi connectivity index (χ3v) is 6.09. The van der Waals surface area contributed by atoms with Gasteiger partial charge in [-0.2, -0.15) is 0 Å². The minimum atomic E-state index is -0.324. The molecule has 0 aliphatic rings. The summed E-state index contributed by atoms with van der Waals surface area (Å²) >= 11 is 2.65. The summed E-state index contributed by atoms with van der Waals surface area (Å²) in [6.07, 6.45) is 0. The molecule has 29 heavy (non-hydrogen) atoms. The molecular weight excluding hydrogens is 409 g/mol. The molecule has 0 saturated carbocycles. The van der Waals surface area contributed by atoms with Crippen LogP contribution in [-0.4, -0.2) is 16.8 Å². The Kier molecular flexibility index (Phi) is 5.37. The van der Waals surface area contributed by atoms with Gasteiger partial charge in [-0.05, 0) is 35.2 Å². The van der Waals surface area contributed by atoms with E-state index in [2.05, 4.69) is 15.6 Å². The molecule has 0 fully saturated rings. The van der Waals surface area contributed by atoms with Gasteiger partial charge in [-0.15, -0.1) is 22.7 Å². The number of aromatic nitrogens is 1. The SMILES string of the molecule is CC(=O)NCc1ccc(-c2csc(NC(=O)c3cc4cc(F)ccc4s3)n2)cc1. The first kappa shape index (κ1) is 19.2. The third kappa shape index (κ3) is 4.49. The predicted octanol–water partition coefficient (Wildman–Crippen LogP) is 5.05. The monoisotopic (exact) mass is 425 g/mol. The van der Waals surface area contributed by atoms with Crippen molar-refractivity contribution in [1.82, 2.24) is 10.3 Å². The highest BCUT2D eigenvalue weighted by molar-refractivity contribution is 7.21. The summed E-state index contributed by atoms with van der Waals surface area (Å²) in [5, 5.41) is 8.64. The van der Waals surface area contributed by atoms with Crippen LogP contribution in [-0.2, 0) is 11.3 Å². The highest BCUT2D eigenvalue weighted by Gasteiger charge is 2.13. The van der Waals surface area contributed by atoms with Gasteiger partial charge in [-0.1, -0.05) is 24.3 Å². The summed E-state index contributed by atoms with van der Waals surface area (Å²) in [5.74, 6) is -0.661. The summed E-state index contributed by atoms with van der Waals surface area (Å²) in [5.41, 5.74) is 2.68. The summed E-state index contributed by atoms with van der Waals surface area (Å²) in [7, 11) is 0. The molecule has 2 heterocycles. The molecule has 0 atom stereocenters. The molecule has 0 saturated heterocycles. The van der Waals surface area contributed by atoms with Gasteiger partial charge in [0.1, 0.15) is 5.82 Å². The number of benzene rings is 2. The van der Waals surface area contributed by atoms with Gasteiger partial charge in [0.2, 0.25) is 5.91 Å². The maximum atomic E-state index is 13.3. The van der Waals surface area contributed by atoms with Crippen LogP contribution in [0.1, 0.15) is 22.2 Å². The van der Waals surface area contributed by atoms with Crippen molar-refractivity contribution in [3.8, 4) is 11.3 Å². The van der Waals surface area contributed by atoms with Crippen LogP contribution in [0, 0.1) is 5.82 Å². The van der Waals surface area contributed by atoms with Crippen molar-refractivity contribution in [3.63, 3.8) is 0 Å². The first-order chi connectivity index (χ1) is 14.0. The molecule has 146 valence electrons. The van der Waals surface area contributed by atoms with E-state index in [9.17, 15) is 14.0 Å². The molecule has 0 aliphatic carbocycles. The topological polar surface area (TPSA) is 71.1 Å². The molecule has 0 aliphatic heterocycles. The Balaban J connectivity index is 1.45. The number of fused-ring (bicyclic) bond motifs is 1. The van der Waals surface area contributed by atoms with Crippen LogP contribution in [0.15, 0.2) is 53.9 Å². The number of nitrogens with one attached hydrogen (secondary N) is 2. The van der Waals surface area contributed by atoms with Crippen LogP contribution in [0.5, 0.6) is 0 Å². The fourth-order valence-electron chi connectivity index (χ4n) is 2.77. The second-order valence-corrected chi connectivity index (χ2v) is 8.33. The summed E-state index contributed by atoms with van der Waals surface area (Å²) in [6.45, 7) is 1.96. The fraction of sp³-hybridized carbons (Fsp3) is 0.0952. The Hall–Kier alpha value is -3.10. The van der Waals surface area contributed by atoms with E-state index in [1.54, 1.807) is 12.1 Å². The first-order valence-electron chi connectivity index (χ1n) is 8.78. The quantitative estimate of drug-likeness (QED) is 0.470. The zero-order chi connectivity index (χ0) is 20.4. The molecule has 2 aromatic carbocycles. The van der Waals surface area contributed by atoms with Crippen LogP contribution in [0.4, 0.5) is 9.52 Å². The minimum absolute atomic E-state index is 0.0715. The highest BCUT2D eigenvalue weighted by Crippen LogP contribution is 2.29. The van der Waals surface area contributed by atoms with Gasteiger partial charge in [0.15, 0.2) is 5.13 Å². The molecule has 4 rings (SSSR count). The van der Waals surface area contributed by atoms with E-state index in [1.807, 2.05) is 29.6 Å². The van der Waals surface area contributed by atoms with Crippen molar-refractivity contribution in [2.75, 3.05) is 5.32 Å². The van der Waals surface area contributed by atoms with Crippen molar-refractivity contribution in [2.45, 2.75) is 13.5 Å². The van der Waals surface area contributed by atoms with E-state index in [-0.39, 0.29) is 17.6 Å². The van der Waals surface area contributed by atoms with Gasteiger partial charge >= 0.3 is 0 Å². The van der Waals surface area contributed by atoms with Gasteiger partial charge in [0, 0.05) is 29.1 Å². The Morgan fingerprint density at radius 1 is 1.10 bits per heavy atom. The van der Waals surface area contributed by atoms with Crippen molar-refractivity contribution >= 4 is 49.7 Å². The largest absolute Gasteiger partial charge is 0.352 e. The number of carbonyl (C=O) groups is 2. The molecule has 4 aromatic rings. The van der Waals surface area contributed by atoms with Gasteiger partial charge < -0.3 is 5.32 Å². The zero-order valence-corrected chi connectivity index (χ0v) is 17.0. The molecule has 8 heteroatoms. The molecule has 5 nitrogen and oxygen atoms in total. The summed E-state index contributed by atoms with van der Waals surface area (Å²) in [4.78, 5) is 28.5. The molecule has 0 bridgehead atoms. The van der Waals surface area contributed by atoms with E-state index >= 15 is 0 Å². The van der Waals surface area contributed by atoms with E-state index in [1.165, 1.54) is 41.7 Å². The van der Waals surface area contributed by atoms with Crippen molar-refractivity contribution in [1.29, 1.82) is 0 Å². The number of rotatable bonds is 5. The maximum Gasteiger partial charge on any atom is 0.267 e. The number of nitrogens with zero attached hydrogens (tertiary/aromatic N) is 1. The third-order valence-electron chi connectivity index (χ3n) is 4.22. The normalized spacial score (nSPS) is 10.8. The standard InChI is InChI=1S/C21H16FN3O2S2/c1-12(26)23-10-13-2-4-14(5-3-13)17-11-28-21(24-17)25-20(27)19-9-15-8-16(22)6-7-18(15)29-19/h2-9,11H,10H2,1H3,(H,23,26)(H,24,25,27). The number of carbonyl (C=O) groups excluding carboxylic acids is 2. The van der Waals surface area contributed by atoms with Crippen LogP contribution in [0.25, 0.3) is 21.3 Å². The number of thiophene rings is 1. The molecular formula is C21H16FN3O2S2. The lowest BCUT2D eigenvalue weighted by molar-refractivity contribution is -0.119. The zero-order valence-electron chi connectivity index (χ0n) is 15.4. The molecule has 2 amide bonds. The number of hydrogen-bond donors (Lipinski definition) is 2. The first-order valence-corrected chi connectivity index (χ1v) is 10.5. The van der Waals surface area contributed by atoms with Crippen molar-refractivity contribution in [2.24, 2.45) is 0 Å². The number of halogens is 1.